The number of pyridine rings is 1. The average Bonchev–Trinajstić information content (AvgIpc) is 2.10. The van der Waals surface area contributed by atoms with E-state index in [0.717, 1.165) is 5.56 Å². The van der Waals surface area contributed by atoms with Gasteiger partial charge < -0.3 is 9.72 Å². The lowest BCUT2D eigenvalue weighted by Gasteiger charge is -2.06. The first kappa shape index (κ1) is 9.58. The predicted octanol–water partition coefficient (Wildman–Crippen LogP) is 1.69. The molecule has 13 heavy (non-hydrogen) atoms. The number of aryl methyl sites for hydroxylation is 1. The van der Waals surface area contributed by atoms with Gasteiger partial charge in [-0.2, -0.15) is 0 Å². The molecule has 1 aromatic rings. The van der Waals surface area contributed by atoms with E-state index in [2.05, 4.69) is 11.6 Å². The molecule has 1 N–H and O–H groups in total. The van der Waals surface area contributed by atoms with Crippen LogP contribution in [0.5, 0.6) is 0 Å². The van der Waals surface area contributed by atoms with E-state index in [-0.39, 0.29) is 5.56 Å². The normalized spacial score (nSPS) is 9.69. The molecule has 0 saturated carbocycles. The predicted molar refractivity (Wildman–Crippen MR) is 52.5 cm³/mol. The molecule has 0 saturated heterocycles. The smallest absolute Gasteiger partial charge is 0.250 e. The van der Waals surface area contributed by atoms with E-state index in [1.54, 1.807) is 19.2 Å². The van der Waals surface area contributed by atoms with E-state index in [9.17, 15) is 4.79 Å². The summed E-state index contributed by atoms with van der Waals surface area (Å²) in [6.07, 6.45) is 1.60. The molecular weight excluding hydrogens is 166 g/mol. The second-order valence-electron chi connectivity index (χ2n) is 2.76. The average molecular weight is 179 g/mol. The largest absolute Gasteiger partial charge is 0.494 e. The highest BCUT2D eigenvalue weighted by atomic mass is 16.5. The third kappa shape index (κ3) is 2.21. The molecule has 1 heterocycles. The Balaban J connectivity index is 2.97. The number of rotatable bonds is 3. The van der Waals surface area contributed by atoms with Gasteiger partial charge in [-0.1, -0.05) is 6.58 Å². The van der Waals surface area contributed by atoms with Crippen molar-refractivity contribution < 1.29 is 4.74 Å². The fourth-order valence-corrected chi connectivity index (χ4v) is 1.02. The van der Waals surface area contributed by atoms with E-state index >= 15 is 0 Å². The van der Waals surface area contributed by atoms with Gasteiger partial charge in [0.05, 0.1) is 6.61 Å². The van der Waals surface area contributed by atoms with Gasteiger partial charge in [0.2, 0.25) is 0 Å². The van der Waals surface area contributed by atoms with Crippen molar-refractivity contribution in [3.63, 3.8) is 0 Å². The van der Waals surface area contributed by atoms with Crippen LogP contribution in [0.15, 0.2) is 23.6 Å². The van der Waals surface area contributed by atoms with E-state index in [4.69, 9.17) is 4.74 Å². The third-order valence-electron chi connectivity index (χ3n) is 1.73. The van der Waals surface area contributed by atoms with Crippen molar-refractivity contribution in [2.24, 2.45) is 0 Å². The van der Waals surface area contributed by atoms with Gasteiger partial charge in [-0.15, -0.1) is 0 Å². The molecule has 0 bridgehead atoms. The summed E-state index contributed by atoms with van der Waals surface area (Å²) in [4.78, 5) is 13.6. The fourth-order valence-electron chi connectivity index (χ4n) is 1.02. The number of ether oxygens (including phenoxy) is 1. The van der Waals surface area contributed by atoms with Gasteiger partial charge in [-0.05, 0) is 19.9 Å². The number of aromatic amines is 1. The molecule has 0 aliphatic carbocycles. The van der Waals surface area contributed by atoms with Crippen LogP contribution in [0.4, 0.5) is 0 Å². The third-order valence-corrected chi connectivity index (χ3v) is 1.73. The topological polar surface area (TPSA) is 42.1 Å². The van der Waals surface area contributed by atoms with Gasteiger partial charge in [0.25, 0.3) is 5.56 Å². The van der Waals surface area contributed by atoms with Gasteiger partial charge in [0.1, 0.15) is 5.76 Å². The maximum absolute atomic E-state index is 11.0. The van der Waals surface area contributed by atoms with Gasteiger partial charge in [0.15, 0.2) is 0 Å². The molecule has 0 unspecified atom stereocenters. The SMILES string of the molecule is C=C(OCC)c1c[nH]c(=O)c(C)c1. The van der Waals surface area contributed by atoms with Crippen LogP contribution in [0.2, 0.25) is 0 Å². The van der Waals surface area contributed by atoms with Crippen LogP contribution < -0.4 is 5.56 Å². The minimum atomic E-state index is -0.0759. The van der Waals surface area contributed by atoms with Crippen LogP contribution in [0.25, 0.3) is 5.76 Å². The Hall–Kier alpha value is -1.51. The summed E-state index contributed by atoms with van der Waals surface area (Å²) in [6, 6.07) is 1.76. The summed E-state index contributed by atoms with van der Waals surface area (Å²) >= 11 is 0. The molecule has 1 rings (SSSR count). The summed E-state index contributed by atoms with van der Waals surface area (Å²) in [5.74, 6) is 0.585. The van der Waals surface area contributed by atoms with Crippen molar-refractivity contribution >= 4 is 5.76 Å². The molecule has 0 aliphatic rings. The van der Waals surface area contributed by atoms with Crippen molar-refractivity contribution in [3.05, 3.63) is 40.3 Å². The molecule has 0 fully saturated rings. The van der Waals surface area contributed by atoms with Crippen LogP contribution in [-0.2, 0) is 4.74 Å². The van der Waals surface area contributed by atoms with Gasteiger partial charge in [0, 0.05) is 17.3 Å². The lowest BCUT2D eigenvalue weighted by Crippen LogP contribution is -2.09. The van der Waals surface area contributed by atoms with Crippen molar-refractivity contribution in [1.29, 1.82) is 0 Å². The Labute approximate surface area is 77.1 Å². The summed E-state index contributed by atoms with van der Waals surface area (Å²) in [6.45, 7) is 7.97. The molecule has 70 valence electrons. The number of nitrogens with one attached hydrogen (secondary N) is 1. The number of H-pyrrole nitrogens is 1. The Bertz CT molecular complexity index is 365. The monoisotopic (exact) mass is 179 g/mol. The number of hydrogen-bond acceptors (Lipinski definition) is 2. The summed E-state index contributed by atoms with van der Waals surface area (Å²) in [5.41, 5.74) is 1.41. The lowest BCUT2D eigenvalue weighted by atomic mass is 10.2. The van der Waals surface area contributed by atoms with Crippen molar-refractivity contribution in [2.75, 3.05) is 6.61 Å². The van der Waals surface area contributed by atoms with E-state index in [0.29, 0.717) is 17.9 Å². The Kier molecular flexibility index (Phi) is 2.90. The minimum absolute atomic E-state index is 0.0759. The van der Waals surface area contributed by atoms with Crippen LogP contribution in [0.3, 0.4) is 0 Å². The Morgan fingerprint density at radius 1 is 1.69 bits per heavy atom. The standard InChI is InChI=1S/C10H13NO2/c1-4-13-8(3)9-5-7(2)10(12)11-6-9/h5-6H,3-4H2,1-2H3,(H,11,12). The van der Waals surface area contributed by atoms with Gasteiger partial charge >= 0.3 is 0 Å². The van der Waals surface area contributed by atoms with Crippen LogP contribution >= 0.6 is 0 Å². The number of aromatic nitrogens is 1. The van der Waals surface area contributed by atoms with Crippen molar-refractivity contribution in [2.45, 2.75) is 13.8 Å². The summed E-state index contributed by atoms with van der Waals surface area (Å²) in [7, 11) is 0. The zero-order chi connectivity index (χ0) is 9.84. The second-order valence-corrected chi connectivity index (χ2v) is 2.76. The van der Waals surface area contributed by atoms with E-state index in [1.807, 2.05) is 6.92 Å². The molecule has 0 spiro atoms. The van der Waals surface area contributed by atoms with Crippen molar-refractivity contribution in [3.8, 4) is 0 Å². The Morgan fingerprint density at radius 2 is 2.38 bits per heavy atom. The summed E-state index contributed by atoms with van der Waals surface area (Å²) < 4.78 is 5.21. The highest BCUT2D eigenvalue weighted by molar-refractivity contribution is 5.56. The van der Waals surface area contributed by atoms with Crippen LogP contribution in [-0.4, -0.2) is 11.6 Å². The summed E-state index contributed by atoms with van der Waals surface area (Å²) in [5, 5.41) is 0. The molecule has 0 aliphatic heterocycles. The highest BCUT2D eigenvalue weighted by Gasteiger charge is 2.00. The van der Waals surface area contributed by atoms with Gasteiger partial charge in [-0.25, -0.2) is 0 Å². The molecule has 0 amide bonds. The minimum Gasteiger partial charge on any atom is -0.494 e. The highest BCUT2D eigenvalue weighted by Crippen LogP contribution is 2.11. The molecule has 3 nitrogen and oxygen atoms in total. The van der Waals surface area contributed by atoms with Gasteiger partial charge in [-0.3, -0.25) is 4.79 Å². The van der Waals surface area contributed by atoms with Crippen LogP contribution in [0, 0.1) is 6.92 Å². The lowest BCUT2D eigenvalue weighted by molar-refractivity contribution is 0.299. The molecule has 0 atom stereocenters. The zero-order valence-electron chi connectivity index (χ0n) is 7.89. The maximum Gasteiger partial charge on any atom is 0.250 e. The Morgan fingerprint density at radius 3 is 2.92 bits per heavy atom. The molecular formula is C10H13NO2. The molecule has 0 aromatic carbocycles. The maximum atomic E-state index is 11.0. The molecule has 0 radical (unpaired) electrons. The first-order chi connectivity index (χ1) is 6.15. The van der Waals surface area contributed by atoms with Crippen LogP contribution in [0.1, 0.15) is 18.1 Å². The quantitative estimate of drug-likeness (QED) is 0.717. The zero-order valence-corrected chi connectivity index (χ0v) is 7.89. The first-order valence-electron chi connectivity index (χ1n) is 4.16. The number of hydrogen-bond donors (Lipinski definition) is 1. The molecule has 3 heteroatoms. The second kappa shape index (κ2) is 3.94. The van der Waals surface area contributed by atoms with E-state index in [1.165, 1.54) is 0 Å². The molecule has 1 aromatic heterocycles. The van der Waals surface area contributed by atoms with E-state index < -0.39 is 0 Å². The van der Waals surface area contributed by atoms with Crippen molar-refractivity contribution in [1.82, 2.24) is 4.98 Å². The first-order valence-corrected chi connectivity index (χ1v) is 4.16. The fraction of sp³-hybridized carbons (Fsp3) is 0.300.